The summed E-state index contributed by atoms with van der Waals surface area (Å²) in [5.74, 6) is -2.30. The van der Waals surface area contributed by atoms with E-state index in [2.05, 4.69) is 0 Å². The van der Waals surface area contributed by atoms with Crippen LogP contribution in [0, 0.1) is 0 Å². The molecule has 0 aliphatic heterocycles. The van der Waals surface area contributed by atoms with Crippen molar-refractivity contribution in [2.24, 2.45) is 0 Å². The zero-order valence-electron chi connectivity index (χ0n) is 9.17. The maximum atomic E-state index is 10.9. The van der Waals surface area contributed by atoms with E-state index in [0.717, 1.165) is 0 Å². The zero-order valence-corrected chi connectivity index (χ0v) is 9.17. The van der Waals surface area contributed by atoms with Crippen molar-refractivity contribution >= 4 is 11.9 Å². The summed E-state index contributed by atoms with van der Waals surface area (Å²) < 4.78 is 0. The van der Waals surface area contributed by atoms with Gasteiger partial charge >= 0.3 is 11.9 Å². The molecule has 6 heteroatoms. The minimum absolute atomic E-state index is 0.0278. The molecular formula is C11H13NO5. The Balaban J connectivity index is 2.98. The number of aromatic carboxylic acids is 1. The molecular weight excluding hydrogens is 226 g/mol. The molecule has 6 nitrogen and oxygen atoms in total. The molecule has 1 rings (SSSR count). The van der Waals surface area contributed by atoms with Crippen LogP contribution in [0.2, 0.25) is 0 Å². The van der Waals surface area contributed by atoms with Gasteiger partial charge in [0.15, 0.2) is 0 Å². The van der Waals surface area contributed by atoms with Crippen molar-refractivity contribution in [3.8, 4) is 0 Å². The molecule has 0 bridgehead atoms. The minimum atomic E-state index is -1.54. The number of rotatable bonds is 5. The van der Waals surface area contributed by atoms with Gasteiger partial charge in [0.05, 0.1) is 5.56 Å². The third-order valence-corrected chi connectivity index (χ3v) is 2.45. The molecule has 0 amide bonds. The van der Waals surface area contributed by atoms with Gasteiger partial charge in [-0.05, 0) is 24.6 Å². The van der Waals surface area contributed by atoms with E-state index < -0.39 is 17.5 Å². The first-order valence-electron chi connectivity index (χ1n) is 4.86. The highest BCUT2D eigenvalue weighted by Gasteiger charge is 2.32. The Morgan fingerprint density at radius 1 is 1.35 bits per heavy atom. The third-order valence-electron chi connectivity index (χ3n) is 2.45. The standard InChI is InChI=1S/C11H13NO5/c1-11(12-17,10(15)16)6-7-3-2-4-8(5-7)9(13)14/h2-5,12,17H,6H2,1H3,(H,13,14)(H,15,16). The highest BCUT2D eigenvalue weighted by atomic mass is 16.5. The van der Waals surface area contributed by atoms with Crippen LogP contribution in [0.4, 0.5) is 0 Å². The van der Waals surface area contributed by atoms with Crippen LogP contribution in [0.3, 0.4) is 0 Å². The number of benzene rings is 1. The van der Waals surface area contributed by atoms with Crippen molar-refractivity contribution < 1.29 is 25.0 Å². The van der Waals surface area contributed by atoms with E-state index in [-0.39, 0.29) is 12.0 Å². The van der Waals surface area contributed by atoms with E-state index in [1.807, 2.05) is 0 Å². The Kier molecular flexibility index (Phi) is 3.82. The quantitative estimate of drug-likeness (QED) is 0.565. The highest BCUT2D eigenvalue weighted by Crippen LogP contribution is 2.15. The van der Waals surface area contributed by atoms with Crippen molar-refractivity contribution in [1.82, 2.24) is 5.48 Å². The third kappa shape index (κ3) is 3.02. The number of hydrogen-bond acceptors (Lipinski definition) is 4. The largest absolute Gasteiger partial charge is 0.480 e. The van der Waals surface area contributed by atoms with Crippen LogP contribution in [0.25, 0.3) is 0 Å². The Morgan fingerprint density at radius 2 is 2.00 bits per heavy atom. The molecule has 0 saturated heterocycles. The van der Waals surface area contributed by atoms with E-state index in [0.29, 0.717) is 5.56 Å². The number of nitrogens with one attached hydrogen (secondary N) is 1. The Bertz CT molecular complexity index is 445. The molecule has 0 aromatic heterocycles. The molecule has 1 atom stereocenters. The van der Waals surface area contributed by atoms with Gasteiger partial charge in [0.2, 0.25) is 0 Å². The van der Waals surface area contributed by atoms with Crippen molar-refractivity contribution in [1.29, 1.82) is 0 Å². The van der Waals surface area contributed by atoms with Crippen LogP contribution in [-0.2, 0) is 11.2 Å². The molecule has 1 aromatic carbocycles. The fraction of sp³-hybridized carbons (Fsp3) is 0.273. The van der Waals surface area contributed by atoms with Crippen molar-refractivity contribution in [3.63, 3.8) is 0 Å². The van der Waals surface area contributed by atoms with E-state index >= 15 is 0 Å². The predicted molar refractivity (Wildman–Crippen MR) is 58.1 cm³/mol. The van der Waals surface area contributed by atoms with Gasteiger partial charge < -0.3 is 15.4 Å². The average Bonchev–Trinajstić information content (AvgIpc) is 2.29. The van der Waals surface area contributed by atoms with Crippen LogP contribution in [0.1, 0.15) is 22.8 Å². The molecule has 0 heterocycles. The molecule has 0 radical (unpaired) electrons. The van der Waals surface area contributed by atoms with Crippen molar-refractivity contribution in [3.05, 3.63) is 35.4 Å². The Hall–Kier alpha value is -1.92. The van der Waals surface area contributed by atoms with Gasteiger partial charge in [-0.3, -0.25) is 4.79 Å². The monoisotopic (exact) mass is 239 g/mol. The topological polar surface area (TPSA) is 107 Å². The zero-order chi connectivity index (χ0) is 13.1. The normalized spacial score (nSPS) is 14.0. The molecule has 4 N–H and O–H groups in total. The summed E-state index contributed by atoms with van der Waals surface area (Å²) in [4.78, 5) is 21.7. The molecule has 0 aliphatic rings. The van der Waals surface area contributed by atoms with Crippen molar-refractivity contribution in [2.45, 2.75) is 18.9 Å². The van der Waals surface area contributed by atoms with Gasteiger partial charge in [-0.2, -0.15) is 5.48 Å². The summed E-state index contributed by atoms with van der Waals surface area (Å²) >= 11 is 0. The highest BCUT2D eigenvalue weighted by molar-refractivity contribution is 5.87. The summed E-state index contributed by atoms with van der Waals surface area (Å²) in [5.41, 5.74) is 0.771. The van der Waals surface area contributed by atoms with E-state index in [4.69, 9.17) is 15.4 Å². The fourth-order valence-corrected chi connectivity index (χ4v) is 1.39. The summed E-state index contributed by atoms with van der Waals surface area (Å²) in [6.07, 6.45) is -0.0278. The second kappa shape index (κ2) is 4.94. The smallest absolute Gasteiger partial charge is 0.335 e. The average molecular weight is 239 g/mol. The summed E-state index contributed by atoms with van der Waals surface area (Å²) in [6.45, 7) is 1.31. The first-order chi connectivity index (χ1) is 7.89. The lowest BCUT2D eigenvalue weighted by atomic mass is 9.93. The number of carbonyl (C=O) groups is 2. The van der Waals surface area contributed by atoms with Crippen LogP contribution in [0.15, 0.2) is 24.3 Å². The second-order valence-corrected chi connectivity index (χ2v) is 3.93. The van der Waals surface area contributed by atoms with Crippen LogP contribution in [-0.4, -0.2) is 32.9 Å². The lowest BCUT2D eigenvalue weighted by Crippen LogP contribution is -2.49. The van der Waals surface area contributed by atoms with Gasteiger partial charge in [0, 0.05) is 6.42 Å². The molecule has 0 saturated carbocycles. The predicted octanol–water partition coefficient (Wildman–Crippen LogP) is 0.749. The molecule has 1 unspecified atom stereocenters. The Morgan fingerprint density at radius 3 is 2.47 bits per heavy atom. The molecule has 0 spiro atoms. The number of hydrogen-bond donors (Lipinski definition) is 4. The van der Waals surface area contributed by atoms with E-state index in [1.165, 1.54) is 25.1 Å². The maximum absolute atomic E-state index is 10.9. The molecule has 92 valence electrons. The van der Waals surface area contributed by atoms with Gasteiger partial charge in [-0.25, -0.2) is 4.79 Å². The van der Waals surface area contributed by atoms with Crippen molar-refractivity contribution in [2.75, 3.05) is 0 Å². The minimum Gasteiger partial charge on any atom is -0.480 e. The number of carboxylic acids is 2. The fourth-order valence-electron chi connectivity index (χ4n) is 1.39. The number of carboxylic acid groups (broad SMARTS) is 2. The van der Waals surface area contributed by atoms with Gasteiger partial charge in [0.1, 0.15) is 5.54 Å². The molecule has 17 heavy (non-hydrogen) atoms. The lowest BCUT2D eigenvalue weighted by molar-refractivity contribution is -0.148. The number of aliphatic carboxylic acids is 1. The first-order valence-corrected chi connectivity index (χ1v) is 4.86. The molecule has 0 fully saturated rings. The molecule has 0 aliphatic carbocycles. The van der Waals surface area contributed by atoms with E-state index in [1.54, 1.807) is 11.5 Å². The maximum Gasteiger partial charge on any atom is 0.335 e. The number of hydroxylamine groups is 1. The van der Waals surface area contributed by atoms with Gasteiger partial charge in [0.25, 0.3) is 0 Å². The van der Waals surface area contributed by atoms with Crippen LogP contribution < -0.4 is 5.48 Å². The molecule has 1 aromatic rings. The Labute approximate surface area is 97.5 Å². The SMILES string of the molecule is CC(Cc1cccc(C(=O)O)c1)(NO)C(=O)O. The summed E-state index contributed by atoms with van der Waals surface area (Å²) in [7, 11) is 0. The lowest BCUT2D eigenvalue weighted by Gasteiger charge is -2.22. The van der Waals surface area contributed by atoms with Crippen LogP contribution in [0.5, 0.6) is 0 Å². The second-order valence-electron chi connectivity index (χ2n) is 3.93. The summed E-state index contributed by atoms with van der Waals surface area (Å²) in [6, 6.07) is 5.92. The van der Waals surface area contributed by atoms with Gasteiger partial charge in [-0.15, -0.1) is 0 Å². The van der Waals surface area contributed by atoms with Crippen LogP contribution >= 0.6 is 0 Å². The summed E-state index contributed by atoms with van der Waals surface area (Å²) in [5, 5.41) is 26.6. The van der Waals surface area contributed by atoms with Gasteiger partial charge in [-0.1, -0.05) is 12.1 Å². The first kappa shape index (κ1) is 13.1. The van der Waals surface area contributed by atoms with E-state index in [9.17, 15) is 9.59 Å².